The van der Waals surface area contributed by atoms with Gasteiger partial charge in [0.25, 0.3) is 5.91 Å². The third-order valence-corrected chi connectivity index (χ3v) is 5.39. The summed E-state index contributed by atoms with van der Waals surface area (Å²) in [5, 5.41) is 7.37. The van der Waals surface area contributed by atoms with Gasteiger partial charge in [-0.2, -0.15) is 9.78 Å². The molecule has 0 atom stereocenters. The molecule has 0 saturated carbocycles. The number of carbonyl (C=O) groups is 1. The molecule has 1 amide bonds. The average Bonchev–Trinajstić information content (AvgIpc) is 3.06. The summed E-state index contributed by atoms with van der Waals surface area (Å²) in [6.45, 7) is 7.26. The first-order chi connectivity index (χ1) is 15.8. The quantitative estimate of drug-likeness (QED) is 0.348. The molecule has 2 heterocycles. The number of nitrogens with one attached hydrogen (secondary N) is 1. The van der Waals surface area contributed by atoms with Gasteiger partial charge < -0.3 is 15.8 Å². The molecule has 4 rings (SSSR count). The van der Waals surface area contributed by atoms with Gasteiger partial charge in [0.15, 0.2) is 5.65 Å². The van der Waals surface area contributed by atoms with Crippen LogP contribution in [-0.4, -0.2) is 47.0 Å². The average molecular weight is 445 g/mol. The SMILES string of the molecule is COCCNC(=O)c1c(N)n(/N=C\c2ccc(C(C)(C)C)cc2)c2nc3ccccc3nc12. The molecule has 0 aliphatic rings. The second kappa shape index (κ2) is 8.99. The second-order valence-corrected chi connectivity index (χ2v) is 8.82. The molecule has 0 radical (unpaired) electrons. The molecule has 0 aliphatic heterocycles. The first kappa shape index (κ1) is 22.4. The molecule has 0 bridgehead atoms. The lowest BCUT2D eigenvalue weighted by Gasteiger charge is -2.18. The Bertz CT molecular complexity index is 1330. The summed E-state index contributed by atoms with van der Waals surface area (Å²) in [5.74, 6) is -0.166. The molecule has 3 N–H and O–H groups in total. The van der Waals surface area contributed by atoms with Crippen molar-refractivity contribution in [3.05, 3.63) is 65.2 Å². The highest BCUT2D eigenvalue weighted by Gasteiger charge is 2.24. The van der Waals surface area contributed by atoms with E-state index in [-0.39, 0.29) is 22.7 Å². The van der Waals surface area contributed by atoms with Crippen LogP contribution in [-0.2, 0) is 10.2 Å². The Labute approximate surface area is 192 Å². The fourth-order valence-corrected chi connectivity index (χ4v) is 3.54. The number of hydrogen-bond donors (Lipinski definition) is 2. The molecule has 0 unspecified atom stereocenters. The summed E-state index contributed by atoms with van der Waals surface area (Å²) in [4.78, 5) is 22.3. The number of ether oxygens (including phenoxy) is 1. The van der Waals surface area contributed by atoms with Gasteiger partial charge in [0, 0.05) is 13.7 Å². The molecule has 170 valence electrons. The standard InChI is InChI=1S/C25H28N6O2/c1-25(2,3)17-11-9-16(10-12-17)15-28-31-22(26)20(24(32)27-13-14-33-4)21-23(31)30-19-8-6-5-7-18(19)29-21/h5-12,15H,13-14,26H2,1-4H3,(H,27,32)/b28-15-. The van der Waals surface area contributed by atoms with Gasteiger partial charge >= 0.3 is 0 Å². The Kier molecular flexibility index (Phi) is 6.11. The molecular formula is C25H28N6O2. The van der Waals surface area contributed by atoms with Gasteiger partial charge in [-0.3, -0.25) is 4.79 Å². The molecule has 0 spiro atoms. The van der Waals surface area contributed by atoms with Crippen LogP contribution in [0.1, 0.15) is 42.3 Å². The van der Waals surface area contributed by atoms with Crippen molar-refractivity contribution in [1.82, 2.24) is 20.0 Å². The lowest BCUT2D eigenvalue weighted by molar-refractivity contribution is 0.0939. The van der Waals surface area contributed by atoms with Crippen molar-refractivity contribution in [2.75, 3.05) is 26.0 Å². The highest BCUT2D eigenvalue weighted by molar-refractivity contribution is 6.10. The van der Waals surface area contributed by atoms with Gasteiger partial charge in [-0.25, -0.2) is 9.97 Å². The largest absolute Gasteiger partial charge is 0.383 e. The number of nitrogens with two attached hydrogens (primary N) is 1. The number of benzene rings is 2. The summed E-state index contributed by atoms with van der Waals surface area (Å²) in [6.07, 6.45) is 1.70. The Hall–Kier alpha value is -3.78. The van der Waals surface area contributed by atoms with Gasteiger partial charge in [-0.05, 0) is 28.7 Å². The number of fused-ring (bicyclic) bond motifs is 2. The Morgan fingerprint density at radius 1 is 1.12 bits per heavy atom. The summed E-state index contributed by atoms with van der Waals surface area (Å²) < 4.78 is 6.49. The zero-order valence-electron chi connectivity index (χ0n) is 19.3. The molecule has 8 nitrogen and oxygen atoms in total. The Balaban J connectivity index is 1.79. The molecule has 2 aromatic heterocycles. The maximum Gasteiger partial charge on any atom is 0.257 e. The zero-order chi connectivity index (χ0) is 23.6. The summed E-state index contributed by atoms with van der Waals surface area (Å²) in [5.41, 5.74) is 11.1. The van der Waals surface area contributed by atoms with Crippen LogP contribution in [0.5, 0.6) is 0 Å². The van der Waals surface area contributed by atoms with E-state index in [4.69, 9.17) is 15.5 Å². The van der Waals surface area contributed by atoms with Crippen LogP contribution in [0.15, 0.2) is 53.6 Å². The van der Waals surface area contributed by atoms with Crippen LogP contribution in [0.2, 0.25) is 0 Å². The Morgan fingerprint density at radius 3 is 2.42 bits per heavy atom. The van der Waals surface area contributed by atoms with E-state index in [1.54, 1.807) is 13.3 Å². The monoisotopic (exact) mass is 444 g/mol. The predicted octanol–water partition coefficient (Wildman–Crippen LogP) is 3.72. The number of amides is 1. The van der Waals surface area contributed by atoms with E-state index in [1.807, 2.05) is 36.4 Å². The third-order valence-electron chi connectivity index (χ3n) is 5.39. The minimum absolute atomic E-state index is 0.0679. The van der Waals surface area contributed by atoms with E-state index in [0.717, 1.165) is 5.56 Å². The van der Waals surface area contributed by atoms with Crippen LogP contribution in [0.25, 0.3) is 22.2 Å². The number of aromatic nitrogens is 3. The van der Waals surface area contributed by atoms with Crippen molar-refractivity contribution in [3.63, 3.8) is 0 Å². The van der Waals surface area contributed by atoms with Crippen LogP contribution >= 0.6 is 0 Å². The van der Waals surface area contributed by atoms with E-state index in [1.165, 1.54) is 10.2 Å². The predicted molar refractivity (Wildman–Crippen MR) is 132 cm³/mol. The highest BCUT2D eigenvalue weighted by Crippen LogP contribution is 2.28. The molecule has 4 aromatic rings. The molecule has 33 heavy (non-hydrogen) atoms. The zero-order valence-corrected chi connectivity index (χ0v) is 19.3. The molecule has 0 fully saturated rings. The number of anilines is 1. The van der Waals surface area contributed by atoms with Crippen molar-refractivity contribution in [2.45, 2.75) is 26.2 Å². The van der Waals surface area contributed by atoms with Crippen molar-refractivity contribution in [1.29, 1.82) is 0 Å². The molecule has 2 aromatic carbocycles. The topological polar surface area (TPSA) is 107 Å². The maximum absolute atomic E-state index is 12.9. The van der Waals surface area contributed by atoms with Gasteiger partial charge in [-0.1, -0.05) is 57.2 Å². The fourth-order valence-electron chi connectivity index (χ4n) is 3.54. The second-order valence-electron chi connectivity index (χ2n) is 8.82. The number of nitrogens with zero attached hydrogens (tertiary/aromatic N) is 4. The van der Waals surface area contributed by atoms with Gasteiger partial charge in [0.05, 0.1) is 23.9 Å². The number of nitrogen functional groups attached to an aromatic ring is 1. The number of hydrogen-bond acceptors (Lipinski definition) is 6. The summed E-state index contributed by atoms with van der Waals surface area (Å²) >= 11 is 0. The van der Waals surface area contributed by atoms with Crippen LogP contribution in [0, 0.1) is 0 Å². The lowest BCUT2D eigenvalue weighted by Crippen LogP contribution is -2.27. The minimum Gasteiger partial charge on any atom is -0.383 e. The van der Waals surface area contributed by atoms with E-state index >= 15 is 0 Å². The van der Waals surface area contributed by atoms with Crippen molar-refractivity contribution < 1.29 is 9.53 Å². The van der Waals surface area contributed by atoms with Gasteiger partial charge in [-0.15, -0.1) is 0 Å². The van der Waals surface area contributed by atoms with E-state index in [2.05, 4.69) is 48.3 Å². The number of para-hydroxylation sites is 2. The van der Waals surface area contributed by atoms with Crippen LogP contribution in [0.4, 0.5) is 5.82 Å². The smallest absolute Gasteiger partial charge is 0.257 e. The summed E-state index contributed by atoms with van der Waals surface area (Å²) in [6, 6.07) is 15.7. The first-order valence-corrected chi connectivity index (χ1v) is 10.8. The van der Waals surface area contributed by atoms with E-state index < -0.39 is 0 Å². The first-order valence-electron chi connectivity index (χ1n) is 10.8. The summed E-state index contributed by atoms with van der Waals surface area (Å²) in [7, 11) is 1.58. The Morgan fingerprint density at radius 2 is 1.79 bits per heavy atom. The minimum atomic E-state index is -0.345. The van der Waals surface area contributed by atoms with Gasteiger partial charge in [0.1, 0.15) is 16.9 Å². The van der Waals surface area contributed by atoms with Crippen LogP contribution < -0.4 is 11.1 Å². The highest BCUT2D eigenvalue weighted by atomic mass is 16.5. The van der Waals surface area contributed by atoms with Crippen molar-refractivity contribution in [3.8, 4) is 0 Å². The maximum atomic E-state index is 12.9. The number of carbonyl (C=O) groups excluding carboxylic acids is 1. The molecular weight excluding hydrogens is 416 g/mol. The molecule has 8 heteroatoms. The van der Waals surface area contributed by atoms with E-state index in [9.17, 15) is 4.79 Å². The van der Waals surface area contributed by atoms with E-state index in [0.29, 0.717) is 35.3 Å². The molecule has 0 aliphatic carbocycles. The lowest BCUT2D eigenvalue weighted by atomic mass is 9.87. The van der Waals surface area contributed by atoms with Crippen LogP contribution in [0.3, 0.4) is 0 Å². The fraction of sp³-hybridized carbons (Fsp3) is 0.280. The van der Waals surface area contributed by atoms with Crippen molar-refractivity contribution in [2.24, 2.45) is 5.10 Å². The van der Waals surface area contributed by atoms with Crippen molar-refractivity contribution >= 4 is 40.1 Å². The molecule has 0 saturated heterocycles. The van der Waals surface area contributed by atoms with Gasteiger partial charge in [0.2, 0.25) is 0 Å². The number of methoxy groups -OCH3 is 1. The number of rotatable bonds is 6. The normalized spacial score (nSPS) is 12.1. The third kappa shape index (κ3) is 4.56.